The minimum atomic E-state index is -0.238. The second-order valence-corrected chi connectivity index (χ2v) is 7.75. The monoisotopic (exact) mass is 377 g/mol. The van der Waals surface area contributed by atoms with E-state index in [1.54, 1.807) is 0 Å². The summed E-state index contributed by atoms with van der Waals surface area (Å²) in [7, 11) is 0. The van der Waals surface area contributed by atoms with E-state index in [0.717, 1.165) is 58.4 Å². The fraction of sp³-hybridized carbons (Fsp3) is 0.348. The van der Waals surface area contributed by atoms with Crippen LogP contribution in [0.25, 0.3) is 10.9 Å². The maximum Gasteiger partial charge on any atom is 0.253 e. The number of fused-ring (bicyclic) bond motifs is 1. The van der Waals surface area contributed by atoms with Gasteiger partial charge in [-0.15, -0.1) is 0 Å². The maximum atomic E-state index is 12.5. The lowest BCUT2D eigenvalue weighted by molar-refractivity contribution is 0.154. The highest BCUT2D eigenvalue weighted by Crippen LogP contribution is 2.23. The lowest BCUT2D eigenvalue weighted by Crippen LogP contribution is -2.38. The lowest BCUT2D eigenvalue weighted by atomic mass is 10.0. The molecule has 1 aliphatic rings. The van der Waals surface area contributed by atoms with Gasteiger partial charge >= 0.3 is 0 Å². The van der Waals surface area contributed by atoms with Gasteiger partial charge in [0, 0.05) is 42.0 Å². The van der Waals surface area contributed by atoms with Crippen molar-refractivity contribution in [3.8, 4) is 0 Å². The molecule has 1 saturated heterocycles. The number of aliphatic hydroxyl groups excluding tert-OH is 1. The zero-order chi connectivity index (χ0) is 19.7. The van der Waals surface area contributed by atoms with Gasteiger partial charge in [0.1, 0.15) is 0 Å². The van der Waals surface area contributed by atoms with Gasteiger partial charge in [-0.1, -0.05) is 12.1 Å². The van der Waals surface area contributed by atoms with Crippen LogP contribution in [0.3, 0.4) is 0 Å². The quantitative estimate of drug-likeness (QED) is 0.648. The third kappa shape index (κ3) is 3.76. The molecule has 2 aromatic carbocycles. The van der Waals surface area contributed by atoms with E-state index in [4.69, 9.17) is 0 Å². The molecule has 146 valence electrons. The predicted octanol–water partition coefficient (Wildman–Crippen LogP) is 3.72. The van der Waals surface area contributed by atoms with E-state index in [0.29, 0.717) is 13.1 Å². The van der Waals surface area contributed by atoms with E-state index in [1.807, 2.05) is 31.2 Å². The summed E-state index contributed by atoms with van der Waals surface area (Å²) < 4.78 is 0. The van der Waals surface area contributed by atoms with Gasteiger partial charge < -0.3 is 20.3 Å². The number of nitrogens with one attached hydrogen (secondary N) is 2. The number of aromatic nitrogens is 1. The Morgan fingerprint density at radius 3 is 2.64 bits per heavy atom. The number of pyridine rings is 1. The van der Waals surface area contributed by atoms with Gasteiger partial charge in [0.15, 0.2) is 0 Å². The van der Waals surface area contributed by atoms with Crippen LogP contribution >= 0.6 is 0 Å². The van der Waals surface area contributed by atoms with Crippen molar-refractivity contribution in [2.24, 2.45) is 0 Å². The fourth-order valence-electron chi connectivity index (χ4n) is 3.93. The summed E-state index contributed by atoms with van der Waals surface area (Å²) in [6, 6.07) is 14.3. The average Bonchev–Trinajstić information content (AvgIpc) is 2.70. The summed E-state index contributed by atoms with van der Waals surface area (Å²) >= 11 is 0. The predicted molar refractivity (Wildman–Crippen MR) is 115 cm³/mol. The minimum Gasteiger partial charge on any atom is -0.391 e. The number of hydrogen-bond donors (Lipinski definition) is 3. The zero-order valence-electron chi connectivity index (χ0n) is 16.5. The van der Waals surface area contributed by atoms with Crippen molar-refractivity contribution in [2.75, 3.05) is 23.3 Å². The molecule has 1 fully saturated rings. The average molecular weight is 377 g/mol. The van der Waals surface area contributed by atoms with E-state index in [9.17, 15) is 9.90 Å². The Labute approximate surface area is 165 Å². The minimum absolute atomic E-state index is 0.0485. The van der Waals surface area contributed by atoms with Crippen LogP contribution in [0.15, 0.2) is 47.3 Å². The molecule has 1 aliphatic heterocycles. The van der Waals surface area contributed by atoms with Crippen LogP contribution < -0.4 is 15.8 Å². The number of rotatable bonds is 4. The Bertz CT molecular complexity index is 1040. The summed E-state index contributed by atoms with van der Waals surface area (Å²) in [6.45, 7) is 6.22. The van der Waals surface area contributed by atoms with Crippen molar-refractivity contribution < 1.29 is 5.11 Å². The highest BCUT2D eigenvalue weighted by atomic mass is 16.3. The molecular weight excluding hydrogens is 350 g/mol. The number of piperidine rings is 1. The van der Waals surface area contributed by atoms with Gasteiger partial charge in [-0.3, -0.25) is 4.79 Å². The Hall–Kier alpha value is -2.79. The van der Waals surface area contributed by atoms with Crippen LogP contribution in [-0.4, -0.2) is 29.3 Å². The van der Waals surface area contributed by atoms with Gasteiger partial charge in [0.05, 0.1) is 11.6 Å². The van der Waals surface area contributed by atoms with Crippen LogP contribution in [0.2, 0.25) is 0 Å². The van der Waals surface area contributed by atoms with Crippen LogP contribution in [-0.2, 0) is 6.54 Å². The van der Waals surface area contributed by atoms with Crippen LogP contribution in [0.4, 0.5) is 11.4 Å². The van der Waals surface area contributed by atoms with Gasteiger partial charge in [-0.25, -0.2) is 0 Å². The Morgan fingerprint density at radius 1 is 1.14 bits per heavy atom. The summed E-state index contributed by atoms with van der Waals surface area (Å²) in [5, 5.41) is 14.3. The van der Waals surface area contributed by atoms with Gasteiger partial charge in [-0.05, 0) is 68.1 Å². The third-order valence-electron chi connectivity index (χ3n) is 5.63. The number of aromatic amines is 1. The molecule has 3 aromatic rings. The van der Waals surface area contributed by atoms with E-state index < -0.39 is 0 Å². The normalized spacial score (nSPS) is 17.1. The molecule has 1 aromatic heterocycles. The lowest BCUT2D eigenvalue weighted by Gasteiger charge is -2.32. The van der Waals surface area contributed by atoms with E-state index in [2.05, 4.69) is 40.3 Å². The van der Waals surface area contributed by atoms with Crippen molar-refractivity contribution in [1.29, 1.82) is 0 Å². The largest absolute Gasteiger partial charge is 0.391 e. The highest BCUT2D eigenvalue weighted by molar-refractivity contribution is 5.85. The first-order chi connectivity index (χ1) is 13.5. The number of nitrogens with zero attached hydrogens (tertiary/aromatic N) is 1. The Balaban J connectivity index is 1.49. The van der Waals surface area contributed by atoms with E-state index >= 15 is 0 Å². The molecule has 5 nitrogen and oxygen atoms in total. The molecule has 0 saturated carbocycles. The number of hydrogen-bond acceptors (Lipinski definition) is 4. The SMILES string of the molecule is Cc1ccc(C)c2[nH]c(=O)c(CNc3ccc(N4CCC[C@H](O)C4)cc3)cc12. The number of aliphatic hydroxyl groups is 1. The number of H-pyrrole nitrogens is 1. The molecule has 0 radical (unpaired) electrons. The van der Waals surface area contributed by atoms with Crippen molar-refractivity contribution >= 4 is 22.3 Å². The first-order valence-electron chi connectivity index (χ1n) is 9.90. The number of anilines is 2. The summed E-state index contributed by atoms with van der Waals surface area (Å²) in [5.74, 6) is 0. The second-order valence-electron chi connectivity index (χ2n) is 7.75. The van der Waals surface area contributed by atoms with Crippen molar-refractivity contribution in [1.82, 2.24) is 4.98 Å². The molecule has 2 heterocycles. The molecule has 1 atom stereocenters. The highest BCUT2D eigenvalue weighted by Gasteiger charge is 2.17. The Kier molecular flexibility index (Phi) is 5.09. The molecule has 0 unspecified atom stereocenters. The Morgan fingerprint density at radius 2 is 1.89 bits per heavy atom. The van der Waals surface area contributed by atoms with Gasteiger partial charge in [0.25, 0.3) is 5.56 Å². The molecule has 5 heteroatoms. The van der Waals surface area contributed by atoms with Crippen molar-refractivity contribution in [2.45, 2.75) is 39.3 Å². The summed E-state index contributed by atoms with van der Waals surface area (Å²) in [6.07, 6.45) is 1.67. The maximum absolute atomic E-state index is 12.5. The number of aryl methyl sites for hydroxylation is 2. The molecule has 0 amide bonds. The number of benzene rings is 2. The molecule has 0 spiro atoms. The molecule has 28 heavy (non-hydrogen) atoms. The first kappa shape index (κ1) is 18.6. The van der Waals surface area contributed by atoms with E-state index in [-0.39, 0.29) is 11.7 Å². The van der Waals surface area contributed by atoms with E-state index in [1.165, 1.54) is 0 Å². The number of β-amino-alcohol motifs (C(OH)–C–C–N with tert-alkyl or cyclic N) is 1. The second kappa shape index (κ2) is 7.68. The smallest absolute Gasteiger partial charge is 0.253 e. The fourth-order valence-corrected chi connectivity index (χ4v) is 3.93. The van der Waals surface area contributed by atoms with Crippen molar-refractivity contribution in [3.63, 3.8) is 0 Å². The van der Waals surface area contributed by atoms with Crippen LogP contribution in [0, 0.1) is 13.8 Å². The van der Waals surface area contributed by atoms with Crippen molar-refractivity contribution in [3.05, 3.63) is 69.5 Å². The topological polar surface area (TPSA) is 68.4 Å². The standard InChI is InChI=1S/C23H27N3O2/c1-15-5-6-16(2)22-21(15)12-17(23(28)25-22)13-24-18-7-9-19(10-8-18)26-11-3-4-20(27)14-26/h5-10,12,20,24,27H,3-4,11,13-14H2,1-2H3,(H,25,28)/t20-/m0/s1. The molecule has 4 rings (SSSR count). The summed E-state index contributed by atoms with van der Waals surface area (Å²) in [5.41, 5.74) is 5.93. The molecule has 3 N–H and O–H groups in total. The van der Waals surface area contributed by atoms with Gasteiger partial charge in [0.2, 0.25) is 0 Å². The first-order valence-corrected chi connectivity index (χ1v) is 9.90. The third-order valence-corrected chi connectivity index (χ3v) is 5.63. The van der Waals surface area contributed by atoms with Crippen LogP contribution in [0.5, 0.6) is 0 Å². The molecular formula is C23H27N3O2. The summed E-state index contributed by atoms with van der Waals surface area (Å²) in [4.78, 5) is 17.7. The molecule has 0 aliphatic carbocycles. The van der Waals surface area contributed by atoms with Gasteiger partial charge in [-0.2, -0.15) is 0 Å². The zero-order valence-corrected chi connectivity index (χ0v) is 16.5. The molecule has 0 bridgehead atoms. The van der Waals surface area contributed by atoms with Crippen LogP contribution in [0.1, 0.15) is 29.5 Å².